The maximum atomic E-state index is 12.1. The van der Waals surface area contributed by atoms with Crippen molar-refractivity contribution in [3.05, 3.63) is 64.9 Å². The first-order valence-electron chi connectivity index (χ1n) is 8.74. The lowest BCUT2D eigenvalue weighted by molar-refractivity contribution is -0.129. The van der Waals surface area contributed by atoms with Gasteiger partial charge in [0.15, 0.2) is 17.2 Å². The zero-order valence-corrected chi connectivity index (χ0v) is 14.5. The first kappa shape index (κ1) is 16.4. The van der Waals surface area contributed by atoms with Gasteiger partial charge in [0.2, 0.25) is 12.7 Å². The molecule has 0 aromatic heterocycles. The van der Waals surface area contributed by atoms with Gasteiger partial charge in [0.1, 0.15) is 0 Å². The number of fused-ring (bicyclic) bond motifs is 1. The summed E-state index contributed by atoms with van der Waals surface area (Å²) in [5, 5.41) is 0. The maximum absolute atomic E-state index is 12.1. The molecule has 26 heavy (non-hydrogen) atoms. The van der Waals surface area contributed by atoms with E-state index in [0.717, 1.165) is 24.0 Å². The molecule has 132 valence electrons. The molecule has 0 unspecified atom stereocenters. The number of nitrogens with zero attached hydrogens (tertiary/aromatic N) is 1. The van der Waals surface area contributed by atoms with Gasteiger partial charge in [-0.05, 0) is 54.3 Å². The Bertz CT molecular complexity index is 897. The van der Waals surface area contributed by atoms with Crippen molar-refractivity contribution < 1.29 is 19.0 Å². The monoisotopic (exact) mass is 349 g/mol. The Morgan fingerprint density at radius 3 is 2.69 bits per heavy atom. The zero-order valence-electron chi connectivity index (χ0n) is 14.5. The average Bonchev–Trinajstić information content (AvgIpc) is 3.27. The van der Waals surface area contributed by atoms with Crippen LogP contribution in [0.2, 0.25) is 0 Å². The number of esters is 1. The molecular weight excluding hydrogens is 330 g/mol. The molecule has 0 saturated heterocycles. The van der Waals surface area contributed by atoms with Crippen molar-refractivity contribution >= 4 is 17.9 Å². The van der Waals surface area contributed by atoms with Crippen LogP contribution in [0.5, 0.6) is 11.5 Å². The second-order valence-corrected chi connectivity index (χ2v) is 6.25. The molecule has 0 spiro atoms. The highest BCUT2D eigenvalue weighted by Crippen LogP contribution is 2.33. The van der Waals surface area contributed by atoms with Gasteiger partial charge in [0, 0.05) is 5.56 Å². The topological polar surface area (TPSA) is 57.1 Å². The fraction of sp³-hybridized carbons (Fsp3) is 0.238. The van der Waals surface area contributed by atoms with Crippen LogP contribution >= 0.6 is 0 Å². The zero-order chi connectivity index (χ0) is 17.9. The highest BCUT2D eigenvalue weighted by molar-refractivity contribution is 6.12. The highest BCUT2D eigenvalue weighted by atomic mass is 16.7. The molecule has 0 radical (unpaired) electrons. The van der Waals surface area contributed by atoms with Crippen molar-refractivity contribution in [3.8, 4) is 11.5 Å². The van der Waals surface area contributed by atoms with Crippen LogP contribution in [0.15, 0.2) is 53.2 Å². The minimum Gasteiger partial charge on any atom is -0.454 e. The van der Waals surface area contributed by atoms with Crippen molar-refractivity contribution in [2.75, 3.05) is 6.79 Å². The first-order valence-corrected chi connectivity index (χ1v) is 8.74. The van der Waals surface area contributed by atoms with Crippen LogP contribution in [0, 0.1) is 0 Å². The molecule has 0 atom stereocenters. The number of hydrogen-bond donors (Lipinski definition) is 0. The van der Waals surface area contributed by atoms with E-state index in [9.17, 15) is 4.79 Å². The van der Waals surface area contributed by atoms with E-state index in [4.69, 9.17) is 14.2 Å². The van der Waals surface area contributed by atoms with Crippen LogP contribution in [0.25, 0.3) is 6.08 Å². The summed E-state index contributed by atoms with van der Waals surface area (Å²) in [7, 11) is 0. The fourth-order valence-electron chi connectivity index (χ4n) is 2.89. The van der Waals surface area contributed by atoms with Crippen molar-refractivity contribution in [2.45, 2.75) is 26.2 Å². The Morgan fingerprint density at radius 2 is 1.88 bits per heavy atom. The van der Waals surface area contributed by atoms with E-state index < -0.39 is 5.97 Å². The fourth-order valence-corrected chi connectivity index (χ4v) is 2.89. The molecule has 2 aliphatic rings. The van der Waals surface area contributed by atoms with E-state index in [1.165, 1.54) is 12.0 Å². The first-order chi connectivity index (χ1) is 12.7. The molecule has 0 amide bonds. The lowest BCUT2D eigenvalue weighted by Gasteiger charge is -2.02. The third-order valence-corrected chi connectivity index (χ3v) is 4.34. The van der Waals surface area contributed by atoms with Crippen molar-refractivity contribution in [1.82, 2.24) is 0 Å². The molecule has 0 fully saturated rings. The van der Waals surface area contributed by atoms with Gasteiger partial charge < -0.3 is 14.2 Å². The molecular formula is C21H19NO4. The van der Waals surface area contributed by atoms with Gasteiger partial charge >= 0.3 is 5.97 Å². The van der Waals surface area contributed by atoms with Gasteiger partial charge in [-0.2, -0.15) is 0 Å². The third kappa shape index (κ3) is 3.33. The molecule has 5 heteroatoms. The van der Waals surface area contributed by atoms with E-state index in [1.54, 1.807) is 6.08 Å². The predicted molar refractivity (Wildman–Crippen MR) is 98.2 cm³/mol. The number of benzene rings is 2. The smallest absolute Gasteiger partial charge is 0.363 e. The molecule has 0 N–H and O–H groups in total. The summed E-state index contributed by atoms with van der Waals surface area (Å²) in [5.41, 5.74) is 3.15. The molecule has 2 aliphatic heterocycles. The summed E-state index contributed by atoms with van der Waals surface area (Å²) < 4.78 is 16.0. The molecule has 2 aromatic carbocycles. The van der Waals surface area contributed by atoms with E-state index >= 15 is 0 Å². The summed E-state index contributed by atoms with van der Waals surface area (Å²) >= 11 is 0. The van der Waals surface area contributed by atoms with Crippen molar-refractivity contribution in [3.63, 3.8) is 0 Å². The molecule has 5 nitrogen and oxygen atoms in total. The number of carbonyl (C=O) groups is 1. The molecule has 4 rings (SSSR count). The van der Waals surface area contributed by atoms with Gasteiger partial charge in [-0.1, -0.05) is 31.5 Å². The second kappa shape index (κ2) is 7.04. The third-order valence-electron chi connectivity index (χ3n) is 4.34. The number of ether oxygens (including phenoxy) is 3. The lowest BCUT2D eigenvalue weighted by Crippen LogP contribution is -2.05. The van der Waals surface area contributed by atoms with E-state index in [2.05, 4.69) is 24.0 Å². The molecule has 0 bridgehead atoms. The Morgan fingerprint density at radius 1 is 1.08 bits per heavy atom. The second-order valence-electron chi connectivity index (χ2n) is 6.25. The largest absolute Gasteiger partial charge is 0.454 e. The van der Waals surface area contributed by atoms with Gasteiger partial charge in [-0.15, -0.1) is 0 Å². The summed E-state index contributed by atoms with van der Waals surface area (Å²) in [6.07, 6.45) is 5.07. The SMILES string of the molecule is CCCCc1ccc(C2=NC(=Cc3ccc4c(c3)OCO4)C(=O)O2)cc1. The van der Waals surface area contributed by atoms with Crippen molar-refractivity contribution in [1.29, 1.82) is 0 Å². The van der Waals surface area contributed by atoms with E-state index in [1.807, 2.05) is 30.3 Å². The van der Waals surface area contributed by atoms with Crippen LogP contribution in [0.4, 0.5) is 0 Å². The van der Waals surface area contributed by atoms with Gasteiger partial charge in [-0.3, -0.25) is 0 Å². The minimum absolute atomic E-state index is 0.216. The molecule has 0 saturated carbocycles. The lowest BCUT2D eigenvalue weighted by atomic mass is 10.1. The maximum Gasteiger partial charge on any atom is 0.363 e. The number of cyclic esters (lactones) is 1. The van der Waals surface area contributed by atoms with Crippen LogP contribution in [0.1, 0.15) is 36.5 Å². The average molecular weight is 349 g/mol. The number of rotatable bonds is 5. The van der Waals surface area contributed by atoms with Gasteiger partial charge in [0.05, 0.1) is 0 Å². The number of aliphatic imine (C=N–C) groups is 1. The summed E-state index contributed by atoms with van der Waals surface area (Å²) in [5.74, 6) is 1.25. The normalized spacial score (nSPS) is 16.7. The standard InChI is InChI=1S/C21H19NO4/c1-2-3-4-14-5-8-16(9-6-14)20-22-17(21(23)26-20)11-15-7-10-18-19(12-15)25-13-24-18/h5-12H,2-4,13H2,1H3. The van der Waals surface area contributed by atoms with Crippen molar-refractivity contribution in [2.24, 2.45) is 4.99 Å². The molecule has 0 aliphatic carbocycles. The van der Waals surface area contributed by atoms with Crippen LogP contribution in [0.3, 0.4) is 0 Å². The Hall–Kier alpha value is -3.08. The summed E-state index contributed by atoms with van der Waals surface area (Å²) in [6.45, 7) is 2.39. The number of aryl methyl sites for hydroxylation is 1. The van der Waals surface area contributed by atoms with Gasteiger partial charge in [-0.25, -0.2) is 9.79 Å². The number of unbranched alkanes of at least 4 members (excludes halogenated alkanes) is 1. The molecule has 2 heterocycles. The predicted octanol–water partition coefficient (Wildman–Crippen LogP) is 4.10. The Balaban J connectivity index is 1.55. The number of hydrogen-bond acceptors (Lipinski definition) is 5. The minimum atomic E-state index is -0.451. The Kier molecular flexibility index (Phi) is 4.44. The summed E-state index contributed by atoms with van der Waals surface area (Å²) in [4.78, 5) is 16.5. The summed E-state index contributed by atoms with van der Waals surface area (Å²) in [6, 6.07) is 13.5. The number of carbonyl (C=O) groups excluding carboxylic acids is 1. The quantitative estimate of drug-likeness (QED) is 0.602. The molecule has 2 aromatic rings. The highest BCUT2D eigenvalue weighted by Gasteiger charge is 2.24. The van der Waals surface area contributed by atoms with Crippen LogP contribution in [-0.2, 0) is 16.0 Å². The van der Waals surface area contributed by atoms with Crippen LogP contribution < -0.4 is 9.47 Å². The van der Waals surface area contributed by atoms with Gasteiger partial charge in [0.25, 0.3) is 0 Å². The Labute approximate surface area is 151 Å². The van der Waals surface area contributed by atoms with E-state index in [0.29, 0.717) is 17.4 Å². The van der Waals surface area contributed by atoms with E-state index in [-0.39, 0.29) is 12.5 Å². The van der Waals surface area contributed by atoms with Crippen LogP contribution in [-0.4, -0.2) is 18.7 Å².